The van der Waals surface area contributed by atoms with Crippen LogP contribution in [0.25, 0.3) is 0 Å². The lowest BCUT2D eigenvalue weighted by molar-refractivity contribution is 0.0949. The van der Waals surface area contributed by atoms with Gasteiger partial charge < -0.3 is 4.90 Å². The van der Waals surface area contributed by atoms with E-state index in [-0.39, 0.29) is 16.8 Å². The van der Waals surface area contributed by atoms with E-state index in [2.05, 4.69) is 4.72 Å². The monoisotopic (exact) mass is 412 g/mol. The summed E-state index contributed by atoms with van der Waals surface area (Å²) >= 11 is 0. The molecule has 0 amide bonds. The van der Waals surface area contributed by atoms with Crippen molar-refractivity contribution in [3.63, 3.8) is 0 Å². The second kappa shape index (κ2) is 7.83. The van der Waals surface area contributed by atoms with E-state index in [9.17, 15) is 18.0 Å². The highest BCUT2D eigenvalue weighted by Crippen LogP contribution is 2.32. The van der Waals surface area contributed by atoms with Crippen LogP contribution >= 0.6 is 0 Å². The molecule has 0 aliphatic heterocycles. The van der Waals surface area contributed by atoms with Gasteiger partial charge >= 0.3 is 0 Å². The third kappa shape index (κ3) is 3.82. The van der Waals surface area contributed by atoms with Crippen LogP contribution in [0.1, 0.15) is 45.7 Å². The Morgan fingerprint density at radius 2 is 1.38 bits per heavy atom. The Bertz CT molecular complexity index is 1110. The lowest BCUT2D eigenvalue weighted by atomic mass is 9.92. The first-order valence-electron chi connectivity index (χ1n) is 9.48. The van der Waals surface area contributed by atoms with Crippen molar-refractivity contribution in [2.45, 2.75) is 27.7 Å². The number of rotatable bonds is 6. The van der Waals surface area contributed by atoms with Gasteiger partial charge in [-0.15, -0.1) is 0 Å². The highest BCUT2D eigenvalue weighted by atomic mass is 32.2. The quantitative estimate of drug-likeness (QED) is 0.783. The number of hydrogen-bond donors (Lipinski definition) is 1. The maximum Gasteiger partial charge on any atom is 0.268 e. The number of carbonyl (C=O) groups is 2. The summed E-state index contributed by atoms with van der Waals surface area (Å²) in [6.45, 7) is 8.14. The van der Waals surface area contributed by atoms with E-state index >= 15 is 0 Å². The molecular formula is C22H24N2O4S. The number of ketones is 2. The van der Waals surface area contributed by atoms with Gasteiger partial charge in [0.2, 0.25) is 11.6 Å². The fraction of sp³-hybridized carbons (Fsp3) is 0.273. The molecule has 0 unspecified atom stereocenters. The fourth-order valence-electron chi connectivity index (χ4n) is 3.66. The molecule has 7 heteroatoms. The number of aryl methyl sites for hydroxylation is 2. The van der Waals surface area contributed by atoms with E-state index in [0.29, 0.717) is 18.8 Å². The molecule has 0 bridgehead atoms. The predicted molar refractivity (Wildman–Crippen MR) is 114 cm³/mol. The van der Waals surface area contributed by atoms with Gasteiger partial charge in [-0.1, -0.05) is 30.3 Å². The molecule has 3 rings (SSSR count). The van der Waals surface area contributed by atoms with Crippen molar-refractivity contribution >= 4 is 27.3 Å². The van der Waals surface area contributed by atoms with Crippen LogP contribution in [0.3, 0.4) is 0 Å². The number of hydrogen-bond acceptors (Lipinski definition) is 5. The maximum absolute atomic E-state index is 13.3. The minimum atomic E-state index is -4.29. The minimum absolute atomic E-state index is 0.0735. The molecule has 0 spiro atoms. The highest BCUT2D eigenvalue weighted by molar-refractivity contribution is 7.97. The zero-order valence-corrected chi connectivity index (χ0v) is 17.8. The summed E-state index contributed by atoms with van der Waals surface area (Å²) in [4.78, 5) is 27.5. The minimum Gasteiger partial charge on any atom is -0.368 e. The largest absolute Gasteiger partial charge is 0.368 e. The van der Waals surface area contributed by atoms with Crippen LogP contribution in [0.4, 0.5) is 5.69 Å². The molecule has 0 atom stereocenters. The van der Waals surface area contributed by atoms with Crippen molar-refractivity contribution in [2.75, 3.05) is 17.8 Å². The summed E-state index contributed by atoms with van der Waals surface area (Å²) in [5.74, 6) is -1.12. The number of anilines is 1. The van der Waals surface area contributed by atoms with Crippen molar-refractivity contribution in [2.24, 2.45) is 0 Å². The Kier molecular flexibility index (Phi) is 5.61. The van der Waals surface area contributed by atoms with Gasteiger partial charge in [-0.2, -0.15) is 0 Å². The number of Topliss-reactive ketones (excluding diaryl/α,β-unsaturated/α-hetero) is 2. The van der Waals surface area contributed by atoms with E-state index in [4.69, 9.17) is 0 Å². The molecule has 0 saturated carbocycles. The first-order valence-corrected chi connectivity index (χ1v) is 11.0. The molecule has 1 aliphatic rings. The Labute approximate surface area is 171 Å². The molecule has 0 radical (unpaired) electrons. The smallest absolute Gasteiger partial charge is 0.268 e. The topological polar surface area (TPSA) is 83.6 Å². The normalized spacial score (nSPS) is 14.1. The first-order chi connectivity index (χ1) is 13.7. The van der Waals surface area contributed by atoms with Gasteiger partial charge in [0.15, 0.2) is 4.91 Å². The van der Waals surface area contributed by atoms with Crippen LogP contribution in [0, 0.1) is 13.8 Å². The first kappa shape index (κ1) is 20.8. The maximum atomic E-state index is 13.3. The van der Waals surface area contributed by atoms with Crippen LogP contribution in [0.5, 0.6) is 0 Å². The van der Waals surface area contributed by atoms with Gasteiger partial charge in [0, 0.05) is 29.9 Å². The number of likely N-dealkylation sites (N-methyl/N-ethyl adjacent to an activating group) is 1. The Morgan fingerprint density at radius 3 is 1.90 bits per heavy atom. The summed E-state index contributed by atoms with van der Waals surface area (Å²) in [6.07, 6.45) is 0. The molecule has 2 aromatic rings. The van der Waals surface area contributed by atoms with Crippen molar-refractivity contribution in [3.05, 3.63) is 75.3 Å². The summed E-state index contributed by atoms with van der Waals surface area (Å²) in [5.41, 5.74) is 2.39. The molecule has 0 heterocycles. The van der Waals surface area contributed by atoms with Gasteiger partial charge in [-0.3, -0.25) is 14.3 Å². The molecule has 152 valence electrons. The Hall–Kier alpha value is -2.93. The van der Waals surface area contributed by atoms with Crippen molar-refractivity contribution in [1.82, 2.24) is 4.90 Å². The zero-order chi connectivity index (χ0) is 21.3. The second-order valence-corrected chi connectivity index (χ2v) is 8.65. The highest BCUT2D eigenvalue weighted by Gasteiger charge is 2.41. The summed E-state index contributed by atoms with van der Waals surface area (Å²) in [6, 6.07) is 11.6. The number of nitrogens with zero attached hydrogens (tertiary/aromatic N) is 1. The van der Waals surface area contributed by atoms with E-state index in [0.717, 1.165) is 11.1 Å². The van der Waals surface area contributed by atoms with Gasteiger partial charge in [0.05, 0.1) is 0 Å². The molecule has 29 heavy (non-hydrogen) atoms. The summed E-state index contributed by atoms with van der Waals surface area (Å²) in [7, 11) is -4.29. The fourth-order valence-corrected chi connectivity index (χ4v) is 5.02. The molecule has 1 N–H and O–H groups in total. The molecule has 6 nitrogen and oxygen atoms in total. The third-order valence-electron chi connectivity index (χ3n) is 4.87. The number of carbonyl (C=O) groups excluding carboxylic acids is 2. The number of fused-ring (bicyclic) bond motifs is 1. The Balaban J connectivity index is 2.21. The lowest BCUT2D eigenvalue weighted by Gasteiger charge is -2.29. The lowest BCUT2D eigenvalue weighted by Crippen LogP contribution is -2.37. The van der Waals surface area contributed by atoms with E-state index < -0.39 is 26.5 Å². The molecule has 2 aromatic carbocycles. The van der Waals surface area contributed by atoms with E-state index in [1.807, 2.05) is 33.8 Å². The zero-order valence-electron chi connectivity index (χ0n) is 16.9. The number of allylic oxidation sites excluding steroid dienone is 2. The van der Waals surface area contributed by atoms with Gasteiger partial charge in [0.25, 0.3) is 10.0 Å². The SMILES string of the molecule is CCN(CC)C1=C(S(=O)(=O)Nc2cc(C)cc(C)c2)C(=O)c2ccccc2C1=O. The van der Waals surface area contributed by atoms with Crippen molar-refractivity contribution in [3.8, 4) is 0 Å². The molecule has 0 fully saturated rings. The van der Waals surface area contributed by atoms with Crippen LogP contribution in [0.2, 0.25) is 0 Å². The predicted octanol–water partition coefficient (Wildman–Crippen LogP) is 3.68. The summed E-state index contributed by atoms with van der Waals surface area (Å²) < 4.78 is 29.1. The van der Waals surface area contributed by atoms with Crippen LogP contribution in [-0.2, 0) is 10.0 Å². The molecule has 0 aromatic heterocycles. The van der Waals surface area contributed by atoms with E-state index in [1.54, 1.807) is 35.2 Å². The van der Waals surface area contributed by atoms with Gasteiger partial charge in [-0.25, -0.2) is 8.42 Å². The van der Waals surface area contributed by atoms with Crippen LogP contribution in [-0.4, -0.2) is 38.0 Å². The van der Waals surface area contributed by atoms with Crippen molar-refractivity contribution < 1.29 is 18.0 Å². The number of sulfonamides is 1. The van der Waals surface area contributed by atoms with Crippen molar-refractivity contribution in [1.29, 1.82) is 0 Å². The average molecular weight is 413 g/mol. The van der Waals surface area contributed by atoms with Crippen LogP contribution < -0.4 is 4.72 Å². The molecule has 1 aliphatic carbocycles. The van der Waals surface area contributed by atoms with Crippen LogP contribution in [0.15, 0.2) is 53.1 Å². The average Bonchev–Trinajstić information content (AvgIpc) is 2.65. The standard InChI is InChI=1S/C22H24N2O4S/c1-5-24(6-2)19-20(25)17-9-7-8-10-18(17)21(26)22(19)29(27,28)23-16-12-14(3)11-15(4)13-16/h7-13,23H,5-6H2,1-4H3. The molecule has 0 saturated heterocycles. The third-order valence-corrected chi connectivity index (χ3v) is 6.30. The van der Waals surface area contributed by atoms with Gasteiger partial charge in [0.1, 0.15) is 5.70 Å². The Morgan fingerprint density at radius 1 is 0.862 bits per heavy atom. The van der Waals surface area contributed by atoms with Gasteiger partial charge in [-0.05, 0) is 51.0 Å². The summed E-state index contributed by atoms with van der Waals surface area (Å²) in [5, 5.41) is 0. The second-order valence-electron chi connectivity index (χ2n) is 7.04. The number of benzene rings is 2. The molecular weight excluding hydrogens is 388 g/mol. The number of nitrogens with one attached hydrogen (secondary N) is 1. The van der Waals surface area contributed by atoms with E-state index in [1.165, 1.54) is 6.07 Å².